The van der Waals surface area contributed by atoms with Gasteiger partial charge in [0.2, 0.25) is 0 Å². The maximum atomic E-state index is 12.3. The van der Waals surface area contributed by atoms with Gasteiger partial charge in [-0.15, -0.1) is 0 Å². The predicted molar refractivity (Wildman–Crippen MR) is 95.3 cm³/mol. The number of esters is 1. The molecule has 2 aliphatic rings. The van der Waals surface area contributed by atoms with E-state index >= 15 is 0 Å². The molecule has 3 nitrogen and oxygen atoms in total. The number of benzene rings is 3. The number of rotatable bonds is 3. The molecular formula is C22H16O3. The smallest absolute Gasteiger partial charge is 0.338 e. The Bertz CT molecular complexity index is 1010. The number of hydrogen-bond acceptors (Lipinski definition) is 3. The first kappa shape index (κ1) is 14.4. The minimum Gasteiger partial charge on any atom is -0.458 e. The Kier molecular flexibility index (Phi) is 3.06. The van der Waals surface area contributed by atoms with Crippen molar-refractivity contribution in [2.45, 2.75) is 11.7 Å². The van der Waals surface area contributed by atoms with Crippen molar-refractivity contribution in [3.63, 3.8) is 0 Å². The van der Waals surface area contributed by atoms with E-state index in [1.165, 1.54) is 10.8 Å². The quantitative estimate of drug-likeness (QED) is 0.523. The standard InChI is InChI=1S/C22H16O3/c23-21(15-6-2-1-3-7-15)24-14-22-11-10-20(25-22)18-12-16-8-4-5-9-17(16)13-19(18)22/h1-13,20H,14H2. The van der Waals surface area contributed by atoms with Crippen LogP contribution in [0.25, 0.3) is 10.8 Å². The molecule has 0 N–H and O–H groups in total. The Balaban J connectivity index is 1.48. The Labute approximate surface area is 145 Å². The maximum Gasteiger partial charge on any atom is 0.338 e. The summed E-state index contributed by atoms with van der Waals surface area (Å²) < 4.78 is 11.8. The third-order valence-electron chi connectivity index (χ3n) is 4.98. The van der Waals surface area contributed by atoms with Crippen LogP contribution in [-0.4, -0.2) is 12.6 Å². The summed E-state index contributed by atoms with van der Waals surface area (Å²) in [6.07, 6.45) is 4.01. The highest BCUT2D eigenvalue weighted by atomic mass is 16.6. The summed E-state index contributed by atoms with van der Waals surface area (Å²) in [6.45, 7) is 0.180. The molecule has 0 aliphatic carbocycles. The summed E-state index contributed by atoms with van der Waals surface area (Å²) in [6, 6.07) is 21.6. The zero-order valence-electron chi connectivity index (χ0n) is 13.5. The summed E-state index contributed by atoms with van der Waals surface area (Å²) >= 11 is 0. The topological polar surface area (TPSA) is 35.5 Å². The Morgan fingerprint density at radius 1 is 1.00 bits per heavy atom. The van der Waals surface area contributed by atoms with Gasteiger partial charge in [0.1, 0.15) is 18.3 Å². The third-order valence-corrected chi connectivity index (χ3v) is 4.98. The molecule has 0 saturated heterocycles. The molecule has 0 fully saturated rings. The van der Waals surface area contributed by atoms with E-state index in [1.807, 2.05) is 42.5 Å². The lowest BCUT2D eigenvalue weighted by Gasteiger charge is -2.24. The monoisotopic (exact) mass is 328 g/mol. The summed E-state index contributed by atoms with van der Waals surface area (Å²) in [7, 11) is 0. The number of hydrogen-bond donors (Lipinski definition) is 0. The van der Waals surface area contributed by atoms with Gasteiger partial charge in [0.05, 0.1) is 5.56 Å². The lowest BCUT2D eigenvalue weighted by Crippen LogP contribution is -2.29. The molecule has 3 aromatic carbocycles. The molecule has 0 radical (unpaired) electrons. The Morgan fingerprint density at radius 2 is 1.72 bits per heavy atom. The fourth-order valence-electron chi connectivity index (χ4n) is 3.72. The fourth-order valence-corrected chi connectivity index (χ4v) is 3.72. The number of ether oxygens (including phenoxy) is 2. The lowest BCUT2D eigenvalue weighted by atomic mass is 9.86. The number of carbonyl (C=O) groups excluding carboxylic acids is 1. The highest BCUT2D eigenvalue weighted by molar-refractivity contribution is 5.89. The molecule has 0 amide bonds. The van der Waals surface area contributed by atoms with Crippen LogP contribution in [0.2, 0.25) is 0 Å². The first-order valence-electron chi connectivity index (χ1n) is 8.38. The zero-order chi connectivity index (χ0) is 16.9. The van der Waals surface area contributed by atoms with E-state index in [-0.39, 0.29) is 18.7 Å². The molecule has 5 rings (SSSR count). The van der Waals surface area contributed by atoms with Gasteiger partial charge in [0.15, 0.2) is 0 Å². The Hall–Kier alpha value is -2.91. The normalized spacial score (nSPS) is 23.0. The van der Waals surface area contributed by atoms with E-state index in [1.54, 1.807) is 12.1 Å². The molecular weight excluding hydrogens is 312 g/mol. The third kappa shape index (κ3) is 2.20. The average Bonchev–Trinajstić information content (AvgIpc) is 3.23. The van der Waals surface area contributed by atoms with E-state index in [0.29, 0.717) is 5.56 Å². The highest BCUT2D eigenvalue weighted by Crippen LogP contribution is 2.51. The van der Waals surface area contributed by atoms with Crippen LogP contribution in [0.5, 0.6) is 0 Å². The van der Waals surface area contributed by atoms with E-state index in [9.17, 15) is 4.79 Å². The van der Waals surface area contributed by atoms with Gasteiger partial charge in [0, 0.05) is 0 Å². The molecule has 3 aromatic rings. The van der Waals surface area contributed by atoms with Gasteiger partial charge in [-0.2, -0.15) is 0 Å². The molecule has 0 saturated carbocycles. The van der Waals surface area contributed by atoms with Crippen molar-refractivity contribution in [1.82, 2.24) is 0 Å². The van der Waals surface area contributed by atoms with Gasteiger partial charge in [-0.05, 0) is 52.2 Å². The van der Waals surface area contributed by atoms with Crippen LogP contribution in [-0.2, 0) is 15.1 Å². The molecule has 2 bridgehead atoms. The fraction of sp³-hybridized carbons (Fsp3) is 0.136. The molecule has 2 heterocycles. The second-order valence-corrected chi connectivity index (χ2v) is 6.52. The van der Waals surface area contributed by atoms with Gasteiger partial charge in [-0.1, -0.05) is 48.5 Å². The van der Waals surface area contributed by atoms with Crippen LogP contribution in [0.3, 0.4) is 0 Å². The molecule has 122 valence electrons. The average molecular weight is 328 g/mol. The van der Waals surface area contributed by atoms with E-state index in [2.05, 4.69) is 24.3 Å². The van der Waals surface area contributed by atoms with Gasteiger partial charge in [0.25, 0.3) is 0 Å². The van der Waals surface area contributed by atoms with Crippen molar-refractivity contribution in [3.8, 4) is 0 Å². The molecule has 3 heteroatoms. The molecule has 2 aliphatic heterocycles. The molecule has 0 spiro atoms. The molecule has 0 aromatic heterocycles. The van der Waals surface area contributed by atoms with E-state index in [4.69, 9.17) is 9.47 Å². The second kappa shape index (κ2) is 5.30. The number of carbonyl (C=O) groups is 1. The first-order valence-corrected chi connectivity index (χ1v) is 8.38. The van der Waals surface area contributed by atoms with Gasteiger partial charge in [-0.3, -0.25) is 0 Å². The number of fused-ring (bicyclic) bond motifs is 6. The largest absolute Gasteiger partial charge is 0.458 e. The molecule has 25 heavy (non-hydrogen) atoms. The maximum absolute atomic E-state index is 12.3. The van der Waals surface area contributed by atoms with Crippen molar-refractivity contribution in [2.75, 3.05) is 6.61 Å². The highest BCUT2D eigenvalue weighted by Gasteiger charge is 2.48. The zero-order valence-corrected chi connectivity index (χ0v) is 13.5. The van der Waals surface area contributed by atoms with Gasteiger partial charge < -0.3 is 9.47 Å². The van der Waals surface area contributed by atoms with Crippen molar-refractivity contribution in [2.24, 2.45) is 0 Å². The second-order valence-electron chi connectivity index (χ2n) is 6.52. The van der Waals surface area contributed by atoms with Crippen LogP contribution in [0.15, 0.2) is 78.9 Å². The van der Waals surface area contributed by atoms with Crippen molar-refractivity contribution >= 4 is 16.7 Å². The van der Waals surface area contributed by atoms with Crippen LogP contribution < -0.4 is 0 Å². The van der Waals surface area contributed by atoms with Crippen molar-refractivity contribution < 1.29 is 14.3 Å². The SMILES string of the molecule is O=C(OCC12C=CC(O1)c1cc3ccccc3cc12)c1ccccc1. The minimum atomic E-state index is -0.672. The lowest BCUT2D eigenvalue weighted by molar-refractivity contribution is -0.0496. The van der Waals surface area contributed by atoms with Crippen molar-refractivity contribution in [3.05, 3.63) is 95.6 Å². The summed E-state index contributed by atoms with van der Waals surface area (Å²) in [5.41, 5.74) is 2.14. The summed E-state index contributed by atoms with van der Waals surface area (Å²) in [5.74, 6) is -0.329. The van der Waals surface area contributed by atoms with Crippen LogP contribution in [0.1, 0.15) is 27.6 Å². The summed E-state index contributed by atoms with van der Waals surface area (Å²) in [5, 5.41) is 2.36. The minimum absolute atomic E-state index is 0.0602. The Morgan fingerprint density at radius 3 is 2.52 bits per heavy atom. The predicted octanol–water partition coefficient (Wildman–Crippen LogP) is 4.53. The van der Waals surface area contributed by atoms with Crippen molar-refractivity contribution in [1.29, 1.82) is 0 Å². The van der Waals surface area contributed by atoms with E-state index < -0.39 is 5.60 Å². The molecule has 2 atom stereocenters. The first-order chi connectivity index (χ1) is 12.3. The molecule has 2 unspecified atom stereocenters. The summed E-state index contributed by atoms with van der Waals surface area (Å²) in [4.78, 5) is 12.3. The van der Waals surface area contributed by atoms with Crippen LogP contribution in [0, 0.1) is 0 Å². The van der Waals surface area contributed by atoms with Crippen LogP contribution >= 0.6 is 0 Å². The van der Waals surface area contributed by atoms with Gasteiger partial charge in [-0.25, -0.2) is 4.79 Å². The van der Waals surface area contributed by atoms with Crippen LogP contribution in [0.4, 0.5) is 0 Å². The van der Waals surface area contributed by atoms with Gasteiger partial charge >= 0.3 is 5.97 Å². The van der Waals surface area contributed by atoms with E-state index in [0.717, 1.165) is 11.1 Å².